The summed E-state index contributed by atoms with van der Waals surface area (Å²) in [6, 6.07) is 13.4. The quantitative estimate of drug-likeness (QED) is 0.473. The average molecular weight is 379 g/mol. The van der Waals surface area contributed by atoms with Gasteiger partial charge in [-0.15, -0.1) is 0 Å². The molecule has 0 bridgehead atoms. The van der Waals surface area contributed by atoms with Gasteiger partial charge in [0.15, 0.2) is 0 Å². The number of nitrogens with zero attached hydrogens (tertiary/aromatic N) is 1. The summed E-state index contributed by atoms with van der Waals surface area (Å²) >= 11 is 0. The van der Waals surface area contributed by atoms with E-state index in [1.807, 2.05) is 26.0 Å². The summed E-state index contributed by atoms with van der Waals surface area (Å²) in [6.45, 7) is 3.70. The number of aliphatic hydroxyl groups excluding tert-OH is 1. The Morgan fingerprint density at radius 1 is 0.929 bits per heavy atom. The molecule has 2 N–H and O–H groups in total. The van der Waals surface area contributed by atoms with Crippen LogP contribution in [0.15, 0.2) is 54.1 Å². The number of benzene rings is 2. The first kappa shape index (κ1) is 19.4. The van der Waals surface area contributed by atoms with Crippen LogP contribution in [-0.4, -0.2) is 39.3 Å². The molecular formula is C22H21NO5. The van der Waals surface area contributed by atoms with E-state index in [1.165, 1.54) is 4.90 Å². The Hall–Kier alpha value is -3.41. The van der Waals surface area contributed by atoms with E-state index in [0.717, 1.165) is 11.1 Å². The van der Waals surface area contributed by atoms with Crippen molar-refractivity contribution in [3.63, 3.8) is 0 Å². The number of amides is 1. The summed E-state index contributed by atoms with van der Waals surface area (Å²) in [7, 11) is 0. The highest BCUT2D eigenvalue weighted by atomic mass is 16.4. The van der Waals surface area contributed by atoms with Gasteiger partial charge in [-0.1, -0.05) is 59.7 Å². The highest BCUT2D eigenvalue weighted by Gasteiger charge is 2.45. The van der Waals surface area contributed by atoms with E-state index in [0.29, 0.717) is 11.1 Å². The lowest BCUT2D eigenvalue weighted by Crippen LogP contribution is -2.31. The number of Topliss-reactive ketones (excluding diaryl/α,β-unsaturated/α-hetero) is 1. The zero-order valence-electron chi connectivity index (χ0n) is 15.7. The largest absolute Gasteiger partial charge is 0.507 e. The third kappa shape index (κ3) is 3.67. The Morgan fingerprint density at radius 2 is 1.46 bits per heavy atom. The number of carboxylic acid groups (broad SMARTS) is 1. The van der Waals surface area contributed by atoms with Gasteiger partial charge >= 0.3 is 5.97 Å². The fourth-order valence-electron chi connectivity index (χ4n) is 3.29. The van der Waals surface area contributed by atoms with Crippen LogP contribution >= 0.6 is 0 Å². The van der Waals surface area contributed by atoms with E-state index >= 15 is 0 Å². The van der Waals surface area contributed by atoms with E-state index < -0.39 is 23.7 Å². The molecular weight excluding hydrogens is 358 g/mol. The Balaban J connectivity index is 2.14. The lowest BCUT2D eigenvalue weighted by molar-refractivity contribution is -0.142. The van der Waals surface area contributed by atoms with Crippen LogP contribution < -0.4 is 0 Å². The van der Waals surface area contributed by atoms with E-state index in [9.17, 15) is 19.5 Å². The number of aliphatic carboxylic acids is 1. The number of aliphatic hydroxyl groups is 1. The Bertz CT molecular complexity index is 957. The Labute approximate surface area is 162 Å². The molecule has 0 saturated carbocycles. The van der Waals surface area contributed by atoms with Crippen molar-refractivity contribution in [3.05, 3.63) is 76.4 Å². The smallest absolute Gasteiger partial charge is 0.305 e. The molecule has 1 aliphatic heterocycles. The summed E-state index contributed by atoms with van der Waals surface area (Å²) < 4.78 is 0. The lowest BCUT2D eigenvalue weighted by Gasteiger charge is -2.25. The van der Waals surface area contributed by atoms with Gasteiger partial charge in [-0.25, -0.2) is 0 Å². The molecule has 2 aromatic carbocycles. The molecule has 1 heterocycles. The summed E-state index contributed by atoms with van der Waals surface area (Å²) in [5, 5.41) is 19.9. The van der Waals surface area contributed by atoms with Crippen molar-refractivity contribution in [1.29, 1.82) is 0 Å². The van der Waals surface area contributed by atoms with Crippen molar-refractivity contribution < 1.29 is 24.6 Å². The van der Waals surface area contributed by atoms with Crippen LogP contribution in [0.1, 0.15) is 34.7 Å². The number of carbonyl (C=O) groups excluding carboxylic acids is 2. The van der Waals surface area contributed by atoms with Gasteiger partial charge in [0, 0.05) is 12.1 Å². The van der Waals surface area contributed by atoms with Crippen molar-refractivity contribution in [2.75, 3.05) is 6.54 Å². The minimum atomic E-state index is -1.07. The maximum absolute atomic E-state index is 12.7. The van der Waals surface area contributed by atoms with Crippen LogP contribution in [0.3, 0.4) is 0 Å². The number of hydrogen-bond acceptors (Lipinski definition) is 4. The van der Waals surface area contributed by atoms with E-state index in [1.54, 1.807) is 36.4 Å². The molecule has 0 radical (unpaired) electrons. The first-order valence-electron chi connectivity index (χ1n) is 8.93. The topological polar surface area (TPSA) is 94.9 Å². The molecule has 1 amide bonds. The molecule has 0 spiro atoms. The van der Waals surface area contributed by atoms with Gasteiger partial charge in [0.05, 0.1) is 18.0 Å². The van der Waals surface area contributed by atoms with Crippen molar-refractivity contribution in [2.24, 2.45) is 0 Å². The molecule has 1 saturated heterocycles. The number of hydrogen-bond donors (Lipinski definition) is 2. The number of ketones is 1. The fourth-order valence-corrected chi connectivity index (χ4v) is 3.29. The van der Waals surface area contributed by atoms with E-state index in [-0.39, 0.29) is 24.3 Å². The van der Waals surface area contributed by atoms with E-state index in [2.05, 4.69) is 0 Å². The molecule has 144 valence electrons. The van der Waals surface area contributed by atoms with Crippen molar-refractivity contribution >= 4 is 23.4 Å². The number of likely N-dealkylation sites (tertiary alicyclic amines) is 1. The first-order chi connectivity index (χ1) is 13.3. The maximum Gasteiger partial charge on any atom is 0.305 e. The molecule has 1 fully saturated rings. The maximum atomic E-state index is 12.7. The third-order valence-corrected chi connectivity index (χ3v) is 4.82. The van der Waals surface area contributed by atoms with Crippen LogP contribution in [0.5, 0.6) is 0 Å². The van der Waals surface area contributed by atoms with Gasteiger partial charge in [-0.2, -0.15) is 0 Å². The van der Waals surface area contributed by atoms with Crippen LogP contribution in [0.25, 0.3) is 5.76 Å². The molecule has 2 aromatic rings. The molecule has 0 aliphatic carbocycles. The molecule has 3 rings (SSSR count). The fraction of sp³-hybridized carbons (Fsp3) is 0.227. The second-order valence-corrected chi connectivity index (χ2v) is 6.91. The normalized spacial score (nSPS) is 18.5. The molecule has 28 heavy (non-hydrogen) atoms. The summed E-state index contributed by atoms with van der Waals surface area (Å²) in [4.78, 5) is 37.6. The summed E-state index contributed by atoms with van der Waals surface area (Å²) in [5.41, 5.74) is 3.05. The highest BCUT2D eigenvalue weighted by molar-refractivity contribution is 6.46. The predicted octanol–water partition coefficient (Wildman–Crippen LogP) is 3.20. The van der Waals surface area contributed by atoms with Crippen LogP contribution in [-0.2, 0) is 14.4 Å². The molecule has 6 nitrogen and oxygen atoms in total. The number of carboxylic acids is 1. The van der Waals surface area contributed by atoms with Gasteiger partial charge in [0.25, 0.3) is 11.7 Å². The summed E-state index contributed by atoms with van der Waals surface area (Å²) in [6.07, 6.45) is -0.292. The monoisotopic (exact) mass is 379 g/mol. The van der Waals surface area contributed by atoms with Gasteiger partial charge < -0.3 is 15.1 Å². The second kappa shape index (κ2) is 7.68. The van der Waals surface area contributed by atoms with Crippen molar-refractivity contribution in [1.82, 2.24) is 4.90 Å². The van der Waals surface area contributed by atoms with Crippen LogP contribution in [0.2, 0.25) is 0 Å². The van der Waals surface area contributed by atoms with Crippen LogP contribution in [0.4, 0.5) is 0 Å². The molecule has 1 atom stereocenters. The summed E-state index contributed by atoms with van der Waals surface area (Å²) in [5.74, 6) is -2.95. The molecule has 6 heteroatoms. The predicted molar refractivity (Wildman–Crippen MR) is 104 cm³/mol. The third-order valence-electron chi connectivity index (χ3n) is 4.82. The molecule has 0 aromatic heterocycles. The Morgan fingerprint density at radius 3 is 2.00 bits per heavy atom. The van der Waals surface area contributed by atoms with Gasteiger partial charge in [0.1, 0.15) is 5.76 Å². The van der Waals surface area contributed by atoms with Gasteiger partial charge in [0.2, 0.25) is 0 Å². The standard InChI is InChI=1S/C22H21NO5/c1-13-3-7-15(8-4-13)19-18(20(26)16-9-5-14(2)6-10-16)21(27)22(28)23(19)12-11-17(24)25/h3-10,19,26H,11-12H2,1-2H3,(H,24,25)/b20-18-. The zero-order valence-corrected chi connectivity index (χ0v) is 15.7. The first-order valence-corrected chi connectivity index (χ1v) is 8.93. The second-order valence-electron chi connectivity index (χ2n) is 6.91. The van der Waals surface area contributed by atoms with Gasteiger partial charge in [-0.05, 0) is 19.4 Å². The highest BCUT2D eigenvalue weighted by Crippen LogP contribution is 2.39. The SMILES string of the molecule is Cc1ccc(/C(O)=C2/C(=O)C(=O)N(CCC(=O)O)C2c2ccc(C)cc2)cc1. The Kier molecular flexibility index (Phi) is 5.31. The van der Waals surface area contributed by atoms with E-state index in [4.69, 9.17) is 5.11 Å². The van der Waals surface area contributed by atoms with Crippen molar-refractivity contribution in [2.45, 2.75) is 26.3 Å². The number of rotatable bonds is 5. The molecule has 1 unspecified atom stereocenters. The minimum absolute atomic E-state index is 0.0249. The molecule has 1 aliphatic rings. The van der Waals surface area contributed by atoms with Crippen molar-refractivity contribution in [3.8, 4) is 0 Å². The number of carbonyl (C=O) groups is 3. The zero-order chi connectivity index (χ0) is 20.4. The average Bonchev–Trinajstić information content (AvgIpc) is 2.91. The number of aryl methyl sites for hydroxylation is 2. The van der Waals surface area contributed by atoms with Gasteiger partial charge in [-0.3, -0.25) is 14.4 Å². The minimum Gasteiger partial charge on any atom is -0.507 e. The van der Waals surface area contributed by atoms with Crippen LogP contribution in [0, 0.1) is 13.8 Å². The lowest BCUT2D eigenvalue weighted by atomic mass is 9.94.